The molecular weight excluding hydrogens is 194 g/mol. The number of thiol groups is 1. The van der Waals surface area contributed by atoms with E-state index < -0.39 is 0 Å². The first-order valence-electron chi connectivity index (χ1n) is 5.47. The Bertz CT molecular complexity index is 138. The van der Waals surface area contributed by atoms with Crippen LogP contribution < -0.4 is 0 Å². The molecule has 0 aromatic carbocycles. The van der Waals surface area contributed by atoms with E-state index in [9.17, 15) is 5.11 Å². The normalized spacial score (nSPS) is 14.8. The van der Waals surface area contributed by atoms with Crippen LogP contribution in [0.4, 0.5) is 0 Å². The summed E-state index contributed by atoms with van der Waals surface area (Å²) in [6.07, 6.45) is 2.06. The molecule has 0 aliphatic rings. The molecule has 14 heavy (non-hydrogen) atoms. The second-order valence-electron chi connectivity index (χ2n) is 4.41. The zero-order chi connectivity index (χ0) is 11.2. The fourth-order valence-electron chi connectivity index (χ4n) is 1.84. The van der Waals surface area contributed by atoms with Gasteiger partial charge in [0.15, 0.2) is 0 Å². The van der Waals surface area contributed by atoms with Gasteiger partial charge >= 0.3 is 0 Å². The molecule has 1 atom stereocenters. The summed E-state index contributed by atoms with van der Waals surface area (Å²) in [5, 5.41) is 9.28. The van der Waals surface area contributed by atoms with Crippen molar-refractivity contribution in [1.82, 2.24) is 4.90 Å². The molecule has 0 aliphatic heterocycles. The smallest absolute Gasteiger partial charge is 0.0638 e. The number of rotatable bonds is 7. The van der Waals surface area contributed by atoms with Gasteiger partial charge in [0.05, 0.1) is 6.10 Å². The molecular formula is C11H25NOS. The van der Waals surface area contributed by atoms with Gasteiger partial charge in [-0.2, -0.15) is 12.6 Å². The molecule has 0 saturated carbocycles. The van der Waals surface area contributed by atoms with Gasteiger partial charge in [0.2, 0.25) is 0 Å². The molecule has 1 N–H and O–H groups in total. The number of hydrogen-bond acceptors (Lipinski definition) is 3. The van der Waals surface area contributed by atoms with Crippen molar-refractivity contribution in [2.45, 2.75) is 39.7 Å². The highest BCUT2D eigenvalue weighted by Gasteiger charge is 2.26. The third-order valence-corrected chi connectivity index (χ3v) is 3.69. The largest absolute Gasteiger partial charge is 0.392 e. The lowest BCUT2D eigenvalue weighted by molar-refractivity contribution is 0.109. The van der Waals surface area contributed by atoms with Crippen molar-refractivity contribution >= 4 is 12.6 Å². The summed E-state index contributed by atoms with van der Waals surface area (Å²) in [5.41, 5.74) is 0.312. The minimum atomic E-state index is -0.244. The topological polar surface area (TPSA) is 23.5 Å². The van der Waals surface area contributed by atoms with Gasteiger partial charge in [-0.15, -0.1) is 0 Å². The molecule has 0 spiro atoms. The first kappa shape index (κ1) is 14.3. The van der Waals surface area contributed by atoms with E-state index in [1.165, 1.54) is 0 Å². The summed E-state index contributed by atoms with van der Waals surface area (Å²) in [5.74, 6) is 0.921. The molecule has 2 nitrogen and oxygen atoms in total. The van der Waals surface area contributed by atoms with Crippen molar-refractivity contribution < 1.29 is 5.11 Å². The van der Waals surface area contributed by atoms with Gasteiger partial charge in [-0.05, 0) is 38.0 Å². The van der Waals surface area contributed by atoms with Crippen LogP contribution in [0.25, 0.3) is 0 Å². The van der Waals surface area contributed by atoms with Crippen molar-refractivity contribution in [3.8, 4) is 0 Å². The Balaban J connectivity index is 4.15. The average Bonchev–Trinajstić information content (AvgIpc) is 2.13. The highest BCUT2D eigenvalue weighted by atomic mass is 32.1. The molecule has 0 radical (unpaired) electrons. The van der Waals surface area contributed by atoms with E-state index in [0.29, 0.717) is 5.41 Å². The van der Waals surface area contributed by atoms with Gasteiger partial charge in [-0.1, -0.05) is 13.8 Å². The standard InChI is InChI=1S/C11H25NOS/c1-5-11(6-2,9-14)8-12(4)7-10(3)13/h10,13-14H,5-9H2,1-4H3. The first-order chi connectivity index (χ1) is 6.49. The second kappa shape index (κ2) is 6.70. The Hall–Kier alpha value is 0.270. The molecule has 0 aromatic heterocycles. The highest BCUT2D eigenvalue weighted by molar-refractivity contribution is 7.80. The fourth-order valence-corrected chi connectivity index (χ4v) is 2.38. The number of aliphatic hydroxyl groups is 1. The number of aliphatic hydroxyl groups excluding tert-OH is 1. The molecule has 0 saturated heterocycles. The Morgan fingerprint density at radius 3 is 2.14 bits per heavy atom. The van der Waals surface area contributed by atoms with E-state index in [1.807, 2.05) is 6.92 Å². The summed E-state index contributed by atoms with van der Waals surface area (Å²) >= 11 is 4.44. The minimum absolute atomic E-state index is 0.244. The molecule has 0 fully saturated rings. The Kier molecular flexibility index (Phi) is 6.83. The van der Waals surface area contributed by atoms with Crippen LogP contribution in [0.15, 0.2) is 0 Å². The van der Waals surface area contributed by atoms with Crippen molar-refractivity contribution in [3.05, 3.63) is 0 Å². The van der Waals surface area contributed by atoms with Crippen molar-refractivity contribution in [2.24, 2.45) is 5.41 Å². The summed E-state index contributed by atoms with van der Waals surface area (Å²) in [4.78, 5) is 2.20. The molecule has 86 valence electrons. The van der Waals surface area contributed by atoms with E-state index in [2.05, 4.69) is 38.4 Å². The van der Waals surface area contributed by atoms with Crippen LogP contribution in [0, 0.1) is 5.41 Å². The minimum Gasteiger partial charge on any atom is -0.392 e. The van der Waals surface area contributed by atoms with Gasteiger partial charge in [0, 0.05) is 13.1 Å². The quantitative estimate of drug-likeness (QED) is 0.640. The third kappa shape index (κ3) is 4.67. The predicted octanol–water partition coefficient (Wildman–Crippen LogP) is 2.04. The summed E-state index contributed by atoms with van der Waals surface area (Å²) in [7, 11) is 2.07. The SMILES string of the molecule is CCC(CC)(CS)CN(C)CC(C)O. The maximum atomic E-state index is 9.28. The van der Waals surface area contributed by atoms with Gasteiger partial charge in [-0.25, -0.2) is 0 Å². The fraction of sp³-hybridized carbons (Fsp3) is 1.00. The first-order valence-corrected chi connectivity index (χ1v) is 6.10. The molecule has 0 rings (SSSR count). The van der Waals surface area contributed by atoms with Crippen LogP contribution in [0.2, 0.25) is 0 Å². The average molecular weight is 219 g/mol. The van der Waals surface area contributed by atoms with Crippen molar-refractivity contribution in [2.75, 3.05) is 25.9 Å². The Morgan fingerprint density at radius 1 is 1.36 bits per heavy atom. The molecule has 1 unspecified atom stereocenters. The number of likely N-dealkylation sites (N-methyl/N-ethyl adjacent to an activating group) is 1. The maximum Gasteiger partial charge on any atom is 0.0638 e. The van der Waals surface area contributed by atoms with Crippen LogP contribution in [-0.4, -0.2) is 42.0 Å². The van der Waals surface area contributed by atoms with E-state index >= 15 is 0 Å². The Labute approximate surface area is 94.1 Å². The van der Waals surface area contributed by atoms with E-state index in [4.69, 9.17) is 0 Å². The maximum absolute atomic E-state index is 9.28. The summed E-state index contributed by atoms with van der Waals surface area (Å²) in [6, 6.07) is 0. The zero-order valence-corrected chi connectivity index (χ0v) is 10.8. The monoisotopic (exact) mass is 219 g/mol. The van der Waals surface area contributed by atoms with E-state index in [-0.39, 0.29) is 6.10 Å². The lowest BCUT2D eigenvalue weighted by Crippen LogP contribution is -2.39. The highest BCUT2D eigenvalue weighted by Crippen LogP contribution is 2.28. The summed E-state index contributed by atoms with van der Waals surface area (Å²) < 4.78 is 0. The molecule has 3 heteroatoms. The van der Waals surface area contributed by atoms with Crippen molar-refractivity contribution in [1.29, 1.82) is 0 Å². The van der Waals surface area contributed by atoms with Crippen molar-refractivity contribution in [3.63, 3.8) is 0 Å². The number of nitrogens with zero attached hydrogens (tertiary/aromatic N) is 1. The summed E-state index contributed by atoms with van der Waals surface area (Å²) in [6.45, 7) is 8.03. The van der Waals surface area contributed by atoms with Crippen LogP contribution >= 0.6 is 12.6 Å². The van der Waals surface area contributed by atoms with Gasteiger partial charge in [0.1, 0.15) is 0 Å². The van der Waals surface area contributed by atoms with Crippen LogP contribution in [-0.2, 0) is 0 Å². The molecule has 0 amide bonds. The lowest BCUT2D eigenvalue weighted by Gasteiger charge is -2.34. The Morgan fingerprint density at radius 2 is 1.86 bits per heavy atom. The third-order valence-electron chi connectivity index (χ3n) is 3.02. The second-order valence-corrected chi connectivity index (χ2v) is 4.73. The van der Waals surface area contributed by atoms with E-state index in [1.54, 1.807) is 0 Å². The van der Waals surface area contributed by atoms with Gasteiger partial charge in [-0.3, -0.25) is 0 Å². The molecule has 0 aliphatic carbocycles. The van der Waals surface area contributed by atoms with Gasteiger partial charge < -0.3 is 10.0 Å². The van der Waals surface area contributed by atoms with Crippen LogP contribution in [0.3, 0.4) is 0 Å². The van der Waals surface area contributed by atoms with Crippen LogP contribution in [0.5, 0.6) is 0 Å². The van der Waals surface area contributed by atoms with Gasteiger partial charge in [0.25, 0.3) is 0 Å². The molecule has 0 bridgehead atoms. The molecule has 0 heterocycles. The lowest BCUT2D eigenvalue weighted by atomic mass is 9.84. The van der Waals surface area contributed by atoms with Crippen LogP contribution in [0.1, 0.15) is 33.6 Å². The molecule has 0 aromatic rings. The van der Waals surface area contributed by atoms with E-state index in [0.717, 1.165) is 31.7 Å². The number of hydrogen-bond donors (Lipinski definition) is 2. The zero-order valence-electron chi connectivity index (χ0n) is 9.95. The predicted molar refractivity (Wildman–Crippen MR) is 66.0 cm³/mol.